The summed E-state index contributed by atoms with van der Waals surface area (Å²) in [4.78, 5) is 11.5. The predicted molar refractivity (Wildman–Crippen MR) is 146 cm³/mol. The molecule has 1 aliphatic heterocycles. The smallest absolute Gasteiger partial charge is 0.119 e. The molecule has 0 N–H and O–H groups in total. The number of hydrogen-bond donors (Lipinski definition) is 0. The Balaban J connectivity index is 1.33. The number of likely N-dealkylation sites (N-methyl/N-ethyl adjacent to an activating group) is 1. The average molecular weight is 482 g/mol. The Morgan fingerprint density at radius 2 is 1.56 bits per heavy atom. The summed E-state index contributed by atoms with van der Waals surface area (Å²) in [5.41, 5.74) is 6.20. The molecule has 6 nitrogen and oxygen atoms in total. The summed E-state index contributed by atoms with van der Waals surface area (Å²) < 4.78 is 7.49. The number of ether oxygens (including phenoxy) is 1. The van der Waals surface area contributed by atoms with E-state index in [1.165, 1.54) is 22.4 Å². The minimum Gasteiger partial charge on any atom is -0.497 e. The van der Waals surface area contributed by atoms with E-state index in [1.807, 2.05) is 23.2 Å². The molecule has 0 bridgehead atoms. The van der Waals surface area contributed by atoms with Gasteiger partial charge in [-0.25, -0.2) is 4.98 Å². The third kappa shape index (κ3) is 6.14. The van der Waals surface area contributed by atoms with Gasteiger partial charge in [0.05, 0.1) is 13.4 Å². The third-order valence-electron chi connectivity index (χ3n) is 6.92. The second-order valence-corrected chi connectivity index (χ2v) is 9.59. The summed E-state index contributed by atoms with van der Waals surface area (Å²) in [6.45, 7) is 7.19. The first-order valence-corrected chi connectivity index (χ1v) is 12.6. The van der Waals surface area contributed by atoms with E-state index in [1.54, 1.807) is 13.3 Å². The first kappa shape index (κ1) is 24.1. The maximum Gasteiger partial charge on any atom is 0.119 e. The summed E-state index contributed by atoms with van der Waals surface area (Å²) in [6, 6.07) is 26.2. The Hall–Kier alpha value is -3.61. The van der Waals surface area contributed by atoms with E-state index in [9.17, 15) is 0 Å². The van der Waals surface area contributed by atoms with Gasteiger partial charge in [0.1, 0.15) is 5.75 Å². The molecule has 4 aromatic rings. The normalized spacial score (nSPS) is 14.6. The average Bonchev–Trinajstić information content (AvgIpc) is 3.46. The Kier molecular flexibility index (Phi) is 7.64. The maximum absolute atomic E-state index is 5.47. The highest BCUT2D eigenvalue weighted by molar-refractivity contribution is 5.50. The van der Waals surface area contributed by atoms with Crippen molar-refractivity contribution in [2.24, 2.45) is 0 Å². The lowest BCUT2D eigenvalue weighted by molar-refractivity contribution is 0.148. The lowest BCUT2D eigenvalue weighted by atomic mass is 10.1. The molecule has 36 heavy (non-hydrogen) atoms. The molecule has 0 unspecified atom stereocenters. The number of benzene rings is 3. The highest BCUT2D eigenvalue weighted by atomic mass is 16.5. The number of piperazine rings is 1. The molecule has 0 spiro atoms. The van der Waals surface area contributed by atoms with Crippen LogP contribution in [0.4, 0.5) is 5.69 Å². The second-order valence-electron chi connectivity index (χ2n) is 9.59. The fourth-order valence-electron chi connectivity index (χ4n) is 4.71. The minimum absolute atomic E-state index is 0.804. The van der Waals surface area contributed by atoms with Crippen molar-refractivity contribution in [1.29, 1.82) is 0 Å². The molecule has 2 heterocycles. The van der Waals surface area contributed by atoms with Crippen molar-refractivity contribution in [3.8, 4) is 11.4 Å². The van der Waals surface area contributed by atoms with Crippen LogP contribution in [0.2, 0.25) is 0 Å². The highest BCUT2D eigenvalue weighted by Crippen LogP contribution is 2.24. The number of rotatable bonds is 9. The lowest BCUT2D eigenvalue weighted by Crippen LogP contribution is -2.43. The predicted octanol–water partition coefficient (Wildman–Crippen LogP) is 4.84. The Labute approximate surface area is 214 Å². The number of methoxy groups -OCH3 is 1. The minimum atomic E-state index is 0.804. The molecule has 5 rings (SSSR count). The van der Waals surface area contributed by atoms with Gasteiger partial charge in [0, 0.05) is 69.6 Å². The van der Waals surface area contributed by atoms with Gasteiger partial charge >= 0.3 is 0 Å². The SMILES string of the molecule is COc1cccc(CN(Cc2ccc(-n3ccnc3)cc2)c2ccc(CN3CCN(C)CC3)cc2)c1. The third-order valence-corrected chi connectivity index (χ3v) is 6.92. The molecule has 0 aliphatic carbocycles. The van der Waals surface area contributed by atoms with Gasteiger partial charge in [0.2, 0.25) is 0 Å². The van der Waals surface area contributed by atoms with Crippen molar-refractivity contribution in [2.45, 2.75) is 19.6 Å². The van der Waals surface area contributed by atoms with Crippen LogP contribution in [-0.4, -0.2) is 59.7 Å². The Morgan fingerprint density at radius 3 is 2.25 bits per heavy atom. The lowest BCUT2D eigenvalue weighted by Gasteiger charge is -2.32. The van der Waals surface area contributed by atoms with Gasteiger partial charge in [-0.15, -0.1) is 0 Å². The summed E-state index contributed by atoms with van der Waals surface area (Å²) in [6.07, 6.45) is 5.60. The van der Waals surface area contributed by atoms with E-state index < -0.39 is 0 Å². The molecule has 0 amide bonds. The van der Waals surface area contributed by atoms with E-state index in [4.69, 9.17) is 4.74 Å². The van der Waals surface area contributed by atoms with E-state index in [2.05, 4.69) is 93.5 Å². The molecule has 6 heteroatoms. The Morgan fingerprint density at radius 1 is 0.833 bits per heavy atom. The van der Waals surface area contributed by atoms with E-state index in [0.717, 1.165) is 57.3 Å². The van der Waals surface area contributed by atoms with Crippen LogP contribution in [0.3, 0.4) is 0 Å². The molecule has 186 valence electrons. The zero-order chi connectivity index (χ0) is 24.7. The number of anilines is 1. The second kappa shape index (κ2) is 11.4. The van der Waals surface area contributed by atoms with Crippen molar-refractivity contribution >= 4 is 5.69 Å². The Bertz CT molecular complexity index is 1210. The zero-order valence-electron chi connectivity index (χ0n) is 21.3. The molecule has 0 saturated carbocycles. The molecule has 1 aliphatic rings. The van der Waals surface area contributed by atoms with Gasteiger partial charge < -0.3 is 19.1 Å². The number of nitrogens with zero attached hydrogens (tertiary/aromatic N) is 5. The standard InChI is InChI=1S/C30H35N5O/c1-32-16-18-33(19-17-32)21-25-6-12-29(13-7-25)35(23-27-4-3-5-30(20-27)36-2)22-26-8-10-28(11-9-26)34-15-14-31-24-34/h3-15,20,24H,16-19,21-23H2,1-2H3. The molecule has 0 atom stereocenters. The number of aromatic nitrogens is 2. The van der Waals surface area contributed by atoms with Crippen LogP contribution in [0.1, 0.15) is 16.7 Å². The largest absolute Gasteiger partial charge is 0.497 e. The van der Waals surface area contributed by atoms with Crippen LogP contribution >= 0.6 is 0 Å². The molecule has 0 radical (unpaired) electrons. The first-order valence-electron chi connectivity index (χ1n) is 12.6. The number of imidazole rings is 1. The van der Waals surface area contributed by atoms with Crippen LogP contribution in [0.5, 0.6) is 5.75 Å². The molecule has 3 aromatic carbocycles. The van der Waals surface area contributed by atoms with Crippen molar-refractivity contribution < 1.29 is 4.74 Å². The van der Waals surface area contributed by atoms with Gasteiger partial charge in [0.15, 0.2) is 0 Å². The summed E-state index contributed by atoms with van der Waals surface area (Å²) in [7, 11) is 3.92. The fraction of sp³-hybridized carbons (Fsp3) is 0.300. The van der Waals surface area contributed by atoms with Crippen LogP contribution in [0.25, 0.3) is 5.69 Å². The molecule has 1 saturated heterocycles. The van der Waals surface area contributed by atoms with Crippen molar-refractivity contribution in [3.63, 3.8) is 0 Å². The fourth-order valence-corrected chi connectivity index (χ4v) is 4.71. The van der Waals surface area contributed by atoms with Gasteiger partial charge in [-0.05, 0) is 60.1 Å². The van der Waals surface area contributed by atoms with Crippen molar-refractivity contribution in [2.75, 3.05) is 45.2 Å². The van der Waals surface area contributed by atoms with Gasteiger partial charge in [-0.1, -0.05) is 36.4 Å². The van der Waals surface area contributed by atoms with Crippen LogP contribution in [-0.2, 0) is 19.6 Å². The zero-order valence-corrected chi connectivity index (χ0v) is 21.3. The molecule has 1 aromatic heterocycles. The first-order chi connectivity index (χ1) is 17.7. The van der Waals surface area contributed by atoms with Crippen LogP contribution < -0.4 is 9.64 Å². The van der Waals surface area contributed by atoms with Crippen LogP contribution in [0.15, 0.2) is 91.5 Å². The molecule has 1 fully saturated rings. The number of hydrogen-bond acceptors (Lipinski definition) is 5. The quantitative estimate of drug-likeness (QED) is 0.342. The summed E-state index contributed by atoms with van der Waals surface area (Å²) in [5, 5.41) is 0. The van der Waals surface area contributed by atoms with E-state index in [0.29, 0.717) is 0 Å². The van der Waals surface area contributed by atoms with E-state index >= 15 is 0 Å². The van der Waals surface area contributed by atoms with Crippen molar-refractivity contribution in [1.82, 2.24) is 19.4 Å². The summed E-state index contributed by atoms with van der Waals surface area (Å²) in [5.74, 6) is 0.889. The van der Waals surface area contributed by atoms with Gasteiger partial charge in [-0.2, -0.15) is 0 Å². The highest BCUT2D eigenvalue weighted by Gasteiger charge is 2.15. The monoisotopic (exact) mass is 481 g/mol. The van der Waals surface area contributed by atoms with Gasteiger partial charge in [0.25, 0.3) is 0 Å². The molecular formula is C30H35N5O. The molecular weight excluding hydrogens is 446 g/mol. The maximum atomic E-state index is 5.47. The van der Waals surface area contributed by atoms with Crippen molar-refractivity contribution in [3.05, 3.63) is 108 Å². The van der Waals surface area contributed by atoms with Crippen LogP contribution in [0, 0.1) is 0 Å². The van der Waals surface area contributed by atoms with Gasteiger partial charge in [-0.3, -0.25) is 4.90 Å². The van der Waals surface area contributed by atoms with E-state index in [-0.39, 0.29) is 0 Å². The topological polar surface area (TPSA) is 36.8 Å². The summed E-state index contributed by atoms with van der Waals surface area (Å²) >= 11 is 0.